The number of carbonyl (C=O) groups excluding carboxylic acids is 3. The first-order valence-electron chi connectivity index (χ1n) is 12.8. The van der Waals surface area contributed by atoms with E-state index in [0.29, 0.717) is 29.0 Å². The fourth-order valence-corrected chi connectivity index (χ4v) is 5.62. The van der Waals surface area contributed by atoms with Gasteiger partial charge in [-0.1, -0.05) is 24.3 Å². The third-order valence-corrected chi connectivity index (χ3v) is 7.45. The molecule has 13 heteroatoms. The van der Waals surface area contributed by atoms with Crippen LogP contribution in [0.5, 0.6) is 0 Å². The standard InChI is InChI=1S/C28H20N8O5/c37-20(7-10-33-14-22(31-15-33)36(40)41)18-12-16-4-3-5-17-25(29-8-11-35(18)26(16)17)24-23(27(38)32-28(24)39)19-13-30-21-6-1-2-9-34(19)21/h1-6,8-9,11,13-15,18H,7,10,12H2,(H,32,38,39). The molecule has 3 aliphatic rings. The van der Waals surface area contributed by atoms with Crippen LogP contribution in [0.15, 0.2) is 84.3 Å². The maximum Gasteiger partial charge on any atom is 0.381 e. The number of nitro groups is 1. The van der Waals surface area contributed by atoms with Crippen molar-refractivity contribution in [1.29, 1.82) is 0 Å². The fraction of sp³-hybridized carbons (Fsp3) is 0.143. The van der Waals surface area contributed by atoms with Crippen LogP contribution in [0, 0.1) is 10.1 Å². The first kappa shape index (κ1) is 24.3. The molecule has 2 amide bonds. The van der Waals surface area contributed by atoms with Gasteiger partial charge in [0, 0.05) is 43.5 Å². The van der Waals surface area contributed by atoms with Crippen LogP contribution in [0.4, 0.5) is 11.5 Å². The number of imide groups is 1. The first-order chi connectivity index (χ1) is 19.9. The molecule has 0 aliphatic carbocycles. The molecule has 1 N–H and O–H groups in total. The molecule has 0 bridgehead atoms. The Labute approximate surface area is 231 Å². The van der Waals surface area contributed by atoms with Gasteiger partial charge in [0.05, 0.1) is 40.5 Å². The molecule has 13 nitrogen and oxygen atoms in total. The van der Waals surface area contributed by atoms with Crippen LogP contribution in [0.3, 0.4) is 0 Å². The van der Waals surface area contributed by atoms with E-state index in [4.69, 9.17) is 0 Å². The molecule has 1 atom stereocenters. The molecule has 3 aromatic heterocycles. The Kier molecular flexibility index (Phi) is 5.45. The number of aliphatic imine (C=N–C) groups is 1. The van der Waals surface area contributed by atoms with Crippen LogP contribution in [-0.2, 0) is 27.3 Å². The monoisotopic (exact) mass is 548 g/mol. The first-order valence-corrected chi connectivity index (χ1v) is 12.8. The number of ketones is 1. The van der Waals surface area contributed by atoms with E-state index in [1.807, 2.05) is 35.2 Å². The van der Waals surface area contributed by atoms with E-state index in [-0.39, 0.29) is 35.7 Å². The number of imidazole rings is 2. The van der Waals surface area contributed by atoms with Gasteiger partial charge in [-0.3, -0.25) is 29.1 Å². The van der Waals surface area contributed by atoms with Crippen molar-refractivity contribution in [2.24, 2.45) is 4.99 Å². The zero-order valence-electron chi connectivity index (χ0n) is 21.3. The van der Waals surface area contributed by atoms with Crippen LogP contribution in [0.1, 0.15) is 23.2 Å². The second kappa shape index (κ2) is 9.19. The molecule has 7 rings (SSSR count). The molecule has 41 heavy (non-hydrogen) atoms. The lowest BCUT2D eigenvalue weighted by Gasteiger charge is -2.23. The number of para-hydroxylation sites is 1. The zero-order valence-corrected chi connectivity index (χ0v) is 21.3. The number of nitrogens with zero attached hydrogens (tertiary/aromatic N) is 7. The number of hydrogen-bond acceptors (Lipinski definition) is 9. The van der Waals surface area contributed by atoms with E-state index < -0.39 is 22.8 Å². The van der Waals surface area contributed by atoms with Crippen LogP contribution in [0.2, 0.25) is 0 Å². The minimum absolute atomic E-state index is 0.0592. The summed E-state index contributed by atoms with van der Waals surface area (Å²) in [7, 11) is 0. The lowest BCUT2D eigenvalue weighted by atomic mass is 9.94. The molecule has 0 saturated heterocycles. The SMILES string of the molecule is O=C1NC(=O)C(c2cnc3ccccn23)=C1C1=NC=CN2c3c(cccc31)CC2C(=O)CCn1cnc([N+](=O)[O-])c1. The van der Waals surface area contributed by atoms with Crippen LogP contribution >= 0.6 is 0 Å². The average molecular weight is 549 g/mol. The fourth-order valence-electron chi connectivity index (χ4n) is 5.62. The van der Waals surface area contributed by atoms with Crippen LogP contribution in [0.25, 0.3) is 11.2 Å². The van der Waals surface area contributed by atoms with E-state index in [0.717, 1.165) is 11.3 Å². The van der Waals surface area contributed by atoms with Crippen LogP contribution in [-0.4, -0.2) is 53.2 Å². The van der Waals surface area contributed by atoms with Crippen molar-refractivity contribution in [2.45, 2.75) is 25.4 Å². The molecule has 3 aliphatic heterocycles. The molecule has 1 unspecified atom stereocenters. The predicted octanol–water partition coefficient (Wildman–Crippen LogP) is 2.21. The third kappa shape index (κ3) is 3.85. The predicted molar refractivity (Wildman–Crippen MR) is 146 cm³/mol. The topological polar surface area (TPSA) is 157 Å². The highest BCUT2D eigenvalue weighted by molar-refractivity contribution is 6.47. The van der Waals surface area contributed by atoms with Gasteiger partial charge in [0.1, 0.15) is 11.8 Å². The molecule has 202 valence electrons. The number of nitrogens with one attached hydrogen (secondary N) is 1. The largest absolute Gasteiger partial charge is 0.381 e. The summed E-state index contributed by atoms with van der Waals surface area (Å²) in [5, 5.41) is 13.3. The third-order valence-electron chi connectivity index (χ3n) is 7.45. The molecule has 0 spiro atoms. The number of rotatable bonds is 7. The summed E-state index contributed by atoms with van der Waals surface area (Å²) >= 11 is 0. The number of Topliss-reactive ketones (excluding diaryl/α,β-unsaturated/α-hetero) is 1. The van der Waals surface area contributed by atoms with Gasteiger partial charge in [-0.05, 0) is 27.6 Å². The molecular formula is C28H20N8O5. The van der Waals surface area contributed by atoms with Gasteiger partial charge in [0.2, 0.25) is 6.33 Å². The summed E-state index contributed by atoms with van der Waals surface area (Å²) in [4.78, 5) is 64.6. The number of fused-ring (bicyclic) bond motifs is 1. The summed E-state index contributed by atoms with van der Waals surface area (Å²) in [6.07, 6.45) is 9.77. The van der Waals surface area contributed by atoms with Gasteiger partial charge < -0.3 is 19.6 Å². The minimum Gasteiger partial charge on any atom is -0.358 e. The van der Waals surface area contributed by atoms with Crippen LogP contribution < -0.4 is 10.2 Å². The summed E-state index contributed by atoms with van der Waals surface area (Å²) in [6.45, 7) is 0.247. The van der Waals surface area contributed by atoms with Gasteiger partial charge in [0.15, 0.2) is 5.78 Å². The lowest BCUT2D eigenvalue weighted by Crippen LogP contribution is -2.35. The molecule has 6 heterocycles. The number of aryl methyl sites for hydroxylation is 1. The highest BCUT2D eigenvalue weighted by atomic mass is 16.6. The van der Waals surface area contributed by atoms with Crippen molar-refractivity contribution in [1.82, 2.24) is 24.3 Å². The van der Waals surface area contributed by atoms with E-state index in [1.54, 1.807) is 29.1 Å². The summed E-state index contributed by atoms with van der Waals surface area (Å²) in [6, 6.07) is 10.5. The molecule has 1 aromatic carbocycles. The van der Waals surface area contributed by atoms with Crippen molar-refractivity contribution in [3.8, 4) is 0 Å². The van der Waals surface area contributed by atoms with Crippen molar-refractivity contribution < 1.29 is 19.3 Å². The lowest BCUT2D eigenvalue weighted by molar-refractivity contribution is -0.389. The highest BCUT2D eigenvalue weighted by Gasteiger charge is 2.41. The number of pyridine rings is 1. The number of carbonyl (C=O) groups is 3. The summed E-state index contributed by atoms with van der Waals surface area (Å²) < 4.78 is 3.26. The maximum absolute atomic E-state index is 13.4. The summed E-state index contributed by atoms with van der Waals surface area (Å²) in [5.74, 6) is -1.43. The van der Waals surface area contributed by atoms with Crippen molar-refractivity contribution in [2.75, 3.05) is 4.90 Å². The Hall–Kier alpha value is -5.72. The highest BCUT2D eigenvalue weighted by Crippen LogP contribution is 2.40. The Balaban J connectivity index is 1.25. The van der Waals surface area contributed by atoms with E-state index >= 15 is 0 Å². The average Bonchev–Trinajstić information content (AvgIpc) is 3.72. The normalized spacial score (nSPS) is 17.6. The molecule has 0 fully saturated rings. The smallest absolute Gasteiger partial charge is 0.358 e. The Morgan fingerprint density at radius 3 is 2.78 bits per heavy atom. The Morgan fingerprint density at radius 1 is 1.10 bits per heavy atom. The number of benzene rings is 1. The molecule has 4 aromatic rings. The van der Waals surface area contributed by atoms with Crippen molar-refractivity contribution >= 4 is 46.0 Å². The number of anilines is 1. The number of hydrogen-bond donors (Lipinski definition) is 1. The Morgan fingerprint density at radius 2 is 1.95 bits per heavy atom. The van der Waals surface area contributed by atoms with E-state index in [2.05, 4.69) is 20.3 Å². The minimum atomic E-state index is -0.582. The zero-order chi connectivity index (χ0) is 28.2. The quantitative estimate of drug-likeness (QED) is 0.209. The maximum atomic E-state index is 13.4. The second-order valence-corrected chi connectivity index (χ2v) is 9.76. The van der Waals surface area contributed by atoms with Crippen molar-refractivity contribution in [3.05, 3.63) is 106 Å². The van der Waals surface area contributed by atoms with Gasteiger partial charge in [-0.25, -0.2) is 4.98 Å². The van der Waals surface area contributed by atoms with Gasteiger partial charge in [-0.2, -0.15) is 0 Å². The van der Waals surface area contributed by atoms with E-state index in [9.17, 15) is 24.5 Å². The summed E-state index contributed by atoms with van der Waals surface area (Å²) in [5.41, 5.74) is 4.00. The molecular weight excluding hydrogens is 528 g/mol. The number of aromatic nitrogens is 4. The molecule has 0 saturated carbocycles. The van der Waals surface area contributed by atoms with E-state index in [1.165, 1.54) is 23.3 Å². The van der Waals surface area contributed by atoms with Gasteiger partial charge in [-0.15, -0.1) is 0 Å². The molecule has 0 radical (unpaired) electrons. The number of amides is 2. The second-order valence-electron chi connectivity index (χ2n) is 9.76. The van der Waals surface area contributed by atoms with Gasteiger partial charge >= 0.3 is 5.82 Å². The Bertz CT molecular complexity index is 1910. The van der Waals surface area contributed by atoms with Gasteiger partial charge in [0.25, 0.3) is 11.8 Å². The van der Waals surface area contributed by atoms with Crippen molar-refractivity contribution in [3.63, 3.8) is 0 Å².